The van der Waals surface area contributed by atoms with Crippen LogP contribution >= 0.6 is 15.6 Å². The molecule has 5 N–H and O–H groups in total. The van der Waals surface area contributed by atoms with Gasteiger partial charge in [-0.2, -0.15) is 0 Å². The van der Waals surface area contributed by atoms with E-state index in [0.717, 1.165) is 57.3 Å². The summed E-state index contributed by atoms with van der Waals surface area (Å²) in [6.45, 7) is 3.77. The third kappa shape index (κ3) is 46.1. The molecule has 0 spiro atoms. The van der Waals surface area contributed by atoms with Crippen molar-refractivity contribution in [1.29, 1.82) is 0 Å². The summed E-state index contributed by atoms with van der Waals surface area (Å²) in [4.78, 5) is 52.8. The summed E-state index contributed by atoms with van der Waals surface area (Å²) in [5, 5.41) is 20.0. The van der Waals surface area contributed by atoms with Crippen molar-refractivity contribution in [3.05, 3.63) is 60.8 Å². The molecule has 0 aliphatic heterocycles. The van der Waals surface area contributed by atoms with Gasteiger partial charge in [-0.05, 0) is 50.9 Å². The lowest BCUT2D eigenvalue weighted by Crippen LogP contribution is -2.30. The van der Waals surface area contributed by atoms with Crippen LogP contribution in [0, 0.1) is 5.92 Å². The third-order valence-corrected chi connectivity index (χ3v) is 11.1. The summed E-state index contributed by atoms with van der Waals surface area (Å²) in [5.41, 5.74) is 0. The maximum atomic E-state index is 12.7. The van der Waals surface area contributed by atoms with E-state index >= 15 is 0 Å². The van der Waals surface area contributed by atoms with Crippen LogP contribution in [-0.4, -0.2) is 81.6 Å². The Kier molecular flexibility index (Phi) is 39.8. The zero-order valence-corrected chi connectivity index (χ0v) is 40.5. The van der Waals surface area contributed by atoms with E-state index in [1.54, 1.807) is 12.2 Å². The molecule has 0 saturated carbocycles. The molecule has 0 aliphatic rings. The number of allylic oxidation sites excluding steroid dienone is 9. The lowest BCUT2D eigenvalue weighted by Gasteiger charge is -2.20. The van der Waals surface area contributed by atoms with E-state index in [2.05, 4.69) is 66.3 Å². The second kappa shape index (κ2) is 41.2. The highest BCUT2D eigenvalue weighted by molar-refractivity contribution is 7.47. The van der Waals surface area contributed by atoms with Gasteiger partial charge in [0.2, 0.25) is 0 Å². The van der Waals surface area contributed by atoms with Crippen LogP contribution in [0.2, 0.25) is 0 Å². The molecule has 2 unspecified atom stereocenters. The Morgan fingerprint density at radius 2 is 1.02 bits per heavy atom. The van der Waals surface area contributed by atoms with Gasteiger partial charge >= 0.3 is 27.6 Å². The average molecular weight is 935 g/mol. The molecule has 0 fully saturated rings. The van der Waals surface area contributed by atoms with Gasteiger partial charge in [0.25, 0.3) is 0 Å². The SMILES string of the molecule is CC/C=C\C/C=C\C/C=C\C/C=C\C=C\C(O)CCCC(=O)OC[C@H](COP(=O)(O)OC[C@@H](O)COP(=O)(O)O)OC(=O)CCCCCCCCCCCCCCCCCC(C)C. The lowest BCUT2D eigenvalue weighted by molar-refractivity contribution is -0.161. The van der Waals surface area contributed by atoms with E-state index in [9.17, 15) is 33.8 Å². The molecule has 0 aromatic carbocycles. The smallest absolute Gasteiger partial charge is 0.462 e. The number of hydrogen-bond acceptors (Lipinski definition) is 11. The van der Waals surface area contributed by atoms with Gasteiger partial charge in [-0.1, -0.05) is 178 Å². The molecule has 0 radical (unpaired) electrons. The topological polar surface area (TPSA) is 216 Å². The number of rotatable bonds is 43. The summed E-state index contributed by atoms with van der Waals surface area (Å²) in [5.74, 6) is -0.427. The fourth-order valence-electron chi connectivity index (χ4n) is 6.15. The van der Waals surface area contributed by atoms with Crippen molar-refractivity contribution < 1.29 is 66.7 Å². The Bertz CT molecular complexity index is 1370. The monoisotopic (exact) mass is 935 g/mol. The van der Waals surface area contributed by atoms with E-state index < -0.39 is 72.3 Å². The molecule has 366 valence electrons. The summed E-state index contributed by atoms with van der Waals surface area (Å²) >= 11 is 0. The molecule has 0 aromatic heterocycles. The van der Waals surface area contributed by atoms with Crippen LogP contribution in [0.1, 0.15) is 175 Å². The molecule has 0 aromatic rings. The fourth-order valence-corrected chi connectivity index (χ4v) is 7.31. The molecule has 63 heavy (non-hydrogen) atoms. The number of carbonyl (C=O) groups excluding carboxylic acids is 2. The normalized spacial score (nSPS) is 15.1. The zero-order valence-electron chi connectivity index (χ0n) is 38.7. The molecule has 14 nitrogen and oxygen atoms in total. The minimum atomic E-state index is -4.89. The van der Waals surface area contributed by atoms with Gasteiger partial charge in [0, 0.05) is 12.8 Å². The summed E-state index contributed by atoms with van der Waals surface area (Å²) in [6.07, 6.45) is 39.6. The minimum absolute atomic E-state index is 0.0364. The molecule has 0 heterocycles. The van der Waals surface area contributed by atoms with Gasteiger partial charge in [0.05, 0.1) is 25.9 Å². The summed E-state index contributed by atoms with van der Waals surface area (Å²) in [6, 6.07) is 0. The molecule has 0 rings (SSSR count). The largest absolute Gasteiger partial charge is 0.472 e. The molecule has 0 amide bonds. The van der Waals surface area contributed by atoms with Crippen molar-refractivity contribution in [3.63, 3.8) is 0 Å². The van der Waals surface area contributed by atoms with Crippen molar-refractivity contribution >= 4 is 27.6 Å². The highest BCUT2D eigenvalue weighted by Crippen LogP contribution is 2.43. The third-order valence-electron chi connectivity index (χ3n) is 9.69. The van der Waals surface area contributed by atoms with Crippen LogP contribution in [0.15, 0.2) is 60.8 Å². The van der Waals surface area contributed by atoms with Gasteiger partial charge in [-0.15, -0.1) is 0 Å². The number of unbranched alkanes of at least 4 members (excludes halogenated alkanes) is 14. The van der Waals surface area contributed by atoms with Crippen molar-refractivity contribution in [1.82, 2.24) is 0 Å². The Labute approximate surface area is 379 Å². The highest BCUT2D eigenvalue weighted by atomic mass is 31.2. The number of hydrogen-bond donors (Lipinski definition) is 5. The van der Waals surface area contributed by atoms with Crippen molar-refractivity contribution in [2.24, 2.45) is 5.92 Å². The second-order valence-corrected chi connectivity index (χ2v) is 19.0. The van der Waals surface area contributed by atoms with Crippen LogP contribution in [-0.2, 0) is 41.8 Å². The van der Waals surface area contributed by atoms with Gasteiger partial charge in [0.15, 0.2) is 6.10 Å². The molecular weight excluding hydrogens is 850 g/mol. The standard InChI is InChI=1S/C47H84O14P2/c1-4-5-6-7-8-9-10-14-18-21-24-27-30-34-43(48)35-32-37-46(50)57-40-45(41-60-63(55,56)59-39-44(49)38-58-62(52,53)54)61-47(51)36-31-28-25-22-19-16-13-11-12-15-17-20-23-26-29-33-42(2)3/h5-6,8-9,14,18,24,27,30,34,42-45,48-49H,4,7,10-13,15-17,19-23,25-26,28-29,31-33,35-41H2,1-3H3,(H,55,56)(H2,52,53,54)/b6-5-,9-8-,18-14-,27-24-,34-30+/t43?,44-,45+/m0/s1. The average Bonchev–Trinajstić information content (AvgIpc) is 3.22. The van der Waals surface area contributed by atoms with E-state index in [1.165, 1.54) is 70.6 Å². The number of aliphatic hydroxyl groups is 2. The van der Waals surface area contributed by atoms with Crippen molar-refractivity contribution in [2.75, 3.05) is 26.4 Å². The Hall–Kier alpha value is -2.22. The molecule has 0 bridgehead atoms. The Morgan fingerprint density at radius 1 is 0.540 bits per heavy atom. The van der Waals surface area contributed by atoms with Crippen LogP contribution in [0.3, 0.4) is 0 Å². The molecule has 16 heteroatoms. The Balaban J connectivity index is 4.63. The van der Waals surface area contributed by atoms with E-state index in [0.29, 0.717) is 19.3 Å². The molecule has 4 atom stereocenters. The van der Waals surface area contributed by atoms with Crippen LogP contribution in [0.25, 0.3) is 0 Å². The maximum absolute atomic E-state index is 12.7. The first kappa shape index (κ1) is 60.8. The second-order valence-electron chi connectivity index (χ2n) is 16.3. The molecule has 0 saturated heterocycles. The van der Waals surface area contributed by atoms with Gasteiger partial charge < -0.3 is 34.4 Å². The first-order valence-corrected chi connectivity index (χ1v) is 26.5. The first-order valence-electron chi connectivity index (χ1n) is 23.4. The first-order chi connectivity index (χ1) is 30.1. The number of ether oxygens (including phenoxy) is 2. The van der Waals surface area contributed by atoms with E-state index in [-0.39, 0.29) is 12.8 Å². The van der Waals surface area contributed by atoms with E-state index in [1.807, 2.05) is 12.2 Å². The minimum Gasteiger partial charge on any atom is -0.462 e. The number of phosphoric ester groups is 2. The number of phosphoric acid groups is 2. The predicted octanol–water partition coefficient (Wildman–Crippen LogP) is 11.2. The van der Waals surface area contributed by atoms with Crippen molar-refractivity contribution in [2.45, 2.75) is 193 Å². The van der Waals surface area contributed by atoms with Crippen LogP contribution < -0.4 is 0 Å². The Morgan fingerprint density at radius 3 is 1.56 bits per heavy atom. The van der Waals surface area contributed by atoms with Crippen LogP contribution in [0.4, 0.5) is 0 Å². The quantitative estimate of drug-likeness (QED) is 0.0126. The number of esters is 2. The fraction of sp³-hybridized carbons (Fsp3) is 0.745. The van der Waals surface area contributed by atoms with Gasteiger partial charge in [-0.25, -0.2) is 9.13 Å². The lowest BCUT2D eigenvalue weighted by atomic mass is 10.0. The summed E-state index contributed by atoms with van der Waals surface area (Å²) in [7, 11) is -9.74. The highest BCUT2D eigenvalue weighted by Gasteiger charge is 2.28. The maximum Gasteiger partial charge on any atom is 0.472 e. The number of aliphatic hydroxyl groups excluding tert-OH is 2. The van der Waals surface area contributed by atoms with Gasteiger partial charge in [0.1, 0.15) is 12.7 Å². The van der Waals surface area contributed by atoms with E-state index in [4.69, 9.17) is 23.8 Å². The number of carbonyl (C=O) groups is 2. The van der Waals surface area contributed by atoms with Gasteiger partial charge in [-0.3, -0.25) is 23.2 Å². The van der Waals surface area contributed by atoms with Crippen LogP contribution in [0.5, 0.6) is 0 Å². The molecular formula is C47H84O14P2. The zero-order chi connectivity index (χ0) is 46.9. The predicted molar refractivity (Wildman–Crippen MR) is 250 cm³/mol. The van der Waals surface area contributed by atoms with Crippen molar-refractivity contribution in [3.8, 4) is 0 Å². The summed E-state index contributed by atoms with van der Waals surface area (Å²) < 4.78 is 47.7. The molecule has 0 aliphatic carbocycles.